The summed E-state index contributed by atoms with van der Waals surface area (Å²) in [4.78, 5) is 54.5. The highest BCUT2D eigenvalue weighted by atomic mass is 16.2. The van der Waals surface area contributed by atoms with E-state index in [9.17, 15) is 19.2 Å². The molecule has 1 heterocycles. The molecule has 0 saturated carbocycles. The van der Waals surface area contributed by atoms with Gasteiger partial charge < -0.3 is 37.5 Å². The van der Waals surface area contributed by atoms with Crippen molar-refractivity contribution in [2.24, 2.45) is 22.2 Å². The molecular formula is C25H39N7O4. The van der Waals surface area contributed by atoms with E-state index in [4.69, 9.17) is 17.2 Å². The first-order chi connectivity index (χ1) is 17.3. The molecule has 8 N–H and O–H groups in total. The van der Waals surface area contributed by atoms with Crippen LogP contribution in [0, 0.1) is 0 Å². The lowest BCUT2D eigenvalue weighted by atomic mass is 10.1. The number of guanidine groups is 1. The topological polar surface area (TPSA) is 186 Å². The molecule has 1 saturated heterocycles. The van der Waals surface area contributed by atoms with Gasteiger partial charge in [-0.1, -0.05) is 30.3 Å². The lowest BCUT2D eigenvalue weighted by molar-refractivity contribution is -0.140. The van der Waals surface area contributed by atoms with Gasteiger partial charge in [0.05, 0.1) is 18.5 Å². The molecule has 0 aromatic heterocycles. The third kappa shape index (κ3) is 10.0. The Hall–Kier alpha value is -3.47. The van der Waals surface area contributed by atoms with E-state index < -0.39 is 18.1 Å². The summed E-state index contributed by atoms with van der Waals surface area (Å²) < 4.78 is 0. The second-order valence-electron chi connectivity index (χ2n) is 9.00. The number of unbranched alkanes of at least 4 members (excludes halogenated alkanes) is 1. The predicted octanol–water partition coefficient (Wildman–Crippen LogP) is -0.429. The highest BCUT2D eigenvalue weighted by Crippen LogP contribution is 2.19. The summed E-state index contributed by atoms with van der Waals surface area (Å²) in [5.74, 6) is -0.687. The van der Waals surface area contributed by atoms with Crippen molar-refractivity contribution < 1.29 is 19.2 Å². The number of benzene rings is 1. The van der Waals surface area contributed by atoms with Crippen molar-refractivity contribution in [2.45, 2.75) is 69.5 Å². The molecule has 1 aliphatic rings. The number of hydrogen-bond acceptors (Lipinski definition) is 6. The zero-order chi connectivity index (χ0) is 26.3. The van der Waals surface area contributed by atoms with Crippen molar-refractivity contribution >= 4 is 30.0 Å². The van der Waals surface area contributed by atoms with Gasteiger partial charge in [0.25, 0.3) is 0 Å². The molecule has 1 aliphatic heterocycles. The van der Waals surface area contributed by atoms with Gasteiger partial charge in [0.2, 0.25) is 17.7 Å². The van der Waals surface area contributed by atoms with Crippen molar-refractivity contribution in [3.63, 3.8) is 0 Å². The molecule has 11 heteroatoms. The average Bonchev–Trinajstić information content (AvgIpc) is 3.35. The van der Waals surface area contributed by atoms with Crippen LogP contribution >= 0.6 is 0 Å². The number of nitrogens with one attached hydrogen (secondary N) is 2. The summed E-state index contributed by atoms with van der Waals surface area (Å²) in [6.07, 6.45) is 4.99. The Morgan fingerprint density at radius 2 is 1.86 bits per heavy atom. The van der Waals surface area contributed by atoms with Gasteiger partial charge in [-0.05, 0) is 50.5 Å². The minimum absolute atomic E-state index is 0.0223. The molecule has 0 spiro atoms. The molecule has 0 bridgehead atoms. The highest BCUT2D eigenvalue weighted by Gasteiger charge is 2.36. The van der Waals surface area contributed by atoms with E-state index in [2.05, 4.69) is 15.6 Å². The Kier molecular flexibility index (Phi) is 12.4. The van der Waals surface area contributed by atoms with Crippen molar-refractivity contribution in [3.05, 3.63) is 35.9 Å². The Bertz CT molecular complexity index is 890. The third-order valence-corrected chi connectivity index (χ3v) is 6.09. The SMILES string of the molecule is NC(N)=NCCC[C@@H](C=O)NC(=O)[C@@H]1CCCN1C(=O)[C@H](N)CCCCNC(=O)Cc1ccccc1. The average molecular weight is 502 g/mol. The maximum atomic E-state index is 12.9. The van der Waals surface area contributed by atoms with Gasteiger partial charge >= 0.3 is 0 Å². The van der Waals surface area contributed by atoms with Crippen LogP contribution in [0.4, 0.5) is 0 Å². The van der Waals surface area contributed by atoms with Gasteiger partial charge in [0, 0.05) is 19.6 Å². The fourth-order valence-corrected chi connectivity index (χ4v) is 4.17. The van der Waals surface area contributed by atoms with Crippen LogP contribution in [-0.2, 0) is 25.6 Å². The summed E-state index contributed by atoms with van der Waals surface area (Å²) >= 11 is 0. The van der Waals surface area contributed by atoms with Gasteiger partial charge in [-0.2, -0.15) is 0 Å². The molecule has 1 aromatic rings. The van der Waals surface area contributed by atoms with Gasteiger partial charge in [-0.25, -0.2) is 0 Å². The lowest BCUT2D eigenvalue weighted by Crippen LogP contribution is -2.53. The van der Waals surface area contributed by atoms with Crippen molar-refractivity contribution in [3.8, 4) is 0 Å². The van der Waals surface area contributed by atoms with Crippen LogP contribution < -0.4 is 27.8 Å². The molecule has 1 fully saturated rings. The number of rotatable bonds is 15. The number of carbonyl (C=O) groups is 4. The molecule has 198 valence electrons. The monoisotopic (exact) mass is 501 g/mol. The van der Waals surface area contributed by atoms with E-state index in [1.807, 2.05) is 30.3 Å². The van der Waals surface area contributed by atoms with Crippen LogP contribution in [0.1, 0.15) is 50.5 Å². The van der Waals surface area contributed by atoms with E-state index in [1.54, 1.807) is 0 Å². The number of nitrogens with zero attached hydrogens (tertiary/aromatic N) is 2. The Balaban J connectivity index is 1.71. The number of amides is 3. The fraction of sp³-hybridized carbons (Fsp3) is 0.560. The van der Waals surface area contributed by atoms with Crippen LogP contribution in [0.3, 0.4) is 0 Å². The molecule has 36 heavy (non-hydrogen) atoms. The summed E-state index contributed by atoms with van der Waals surface area (Å²) in [5.41, 5.74) is 17.7. The van der Waals surface area contributed by atoms with Gasteiger partial charge in [0.15, 0.2) is 5.96 Å². The first kappa shape index (κ1) is 28.8. The molecule has 0 aliphatic carbocycles. The smallest absolute Gasteiger partial charge is 0.243 e. The summed E-state index contributed by atoms with van der Waals surface area (Å²) in [6.45, 7) is 1.33. The second-order valence-corrected chi connectivity index (χ2v) is 9.00. The minimum Gasteiger partial charge on any atom is -0.370 e. The van der Waals surface area contributed by atoms with Crippen LogP contribution in [0.25, 0.3) is 0 Å². The largest absolute Gasteiger partial charge is 0.370 e. The molecule has 3 amide bonds. The zero-order valence-corrected chi connectivity index (χ0v) is 20.7. The summed E-state index contributed by atoms with van der Waals surface area (Å²) in [7, 11) is 0. The first-order valence-electron chi connectivity index (χ1n) is 12.5. The first-order valence-corrected chi connectivity index (χ1v) is 12.5. The van der Waals surface area contributed by atoms with E-state index in [-0.39, 0.29) is 23.7 Å². The number of aliphatic imine (C=N–C) groups is 1. The fourth-order valence-electron chi connectivity index (χ4n) is 4.17. The maximum Gasteiger partial charge on any atom is 0.243 e. The normalized spacial score (nSPS) is 16.6. The van der Waals surface area contributed by atoms with Crippen LogP contribution in [0.2, 0.25) is 0 Å². The van der Waals surface area contributed by atoms with E-state index in [0.717, 1.165) is 5.56 Å². The van der Waals surface area contributed by atoms with Crippen molar-refractivity contribution in [2.75, 3.05) is 19.6 Å². The molecule has 3 atom stereocenters. The number of likely N-dealkylation sites (tertiary alicyclic amines) is 1. The maximum absolute atomic E-state index is 12.9. The molecule has 2 rings (SSSR count). The molecule has 0 unspecified atom stereocenters. The Morgan fingerprint density at radius 3 is 2.56 bits per heavy atom. The second kappa shape index (κ2) is 15.5. The minimum atomic E-state index is -0.722. The van der Waals surface area contributed by atoms with Crippen molar-refractivity contribution in [1.82, 2.24) is 15.5 Å². The quantitative estimate of drug-likeness (QED) is 0.0933. The van der Waals surface area contributed by atoms with E-state index in [0.29, 0.717) is 77.3 Å². The molecule has 0 radical (unpaired) electrons. The van der Waals surface area contributed by atoms with Crippen LogP contribution in [-0.4, -0.2) is 72.6 Å². The van der Waals surface area contributed by atoms with Crippen molar-refractivity contribution in [1.29, 1.82) is 0 Å². The Labute approximate surface area is 212 Å². The number of nitrogens with two attached hydrogens (primary N) is 3. The van der Waals surface area contributed by atoms with E-state index in [1.165, 1.54) is 4.90 Å². The Morgan fingerprint density at radius 1 is 1.11 bits per heavy atom. The van der Waals surface area contributed by atoms with E-state index >= 15 is 0 Å². The number of aldehydes is 1. The molecular weight excluding hydrogens is 462 g/mol. The van der Waals surface area contributed by atoms with Gasteiger partial charge in [-0.3, -0.25) is 19.4 Å². The molecule has 11 nitrogen and oxygen atoms in total. The standard InChI is InChI=1S/C25H39N7O4/c26-20(11-4-5-13-29-22(34)16-18-8-2-1-3-9-18)24(36)32-15-7-12-21(32)23(35)31-19(17-33)10-6-14-30-25(27)28/h1-3,8-9,17,19-21H,4-7,10-16,26H2,(H,29,34)(H,31,35)(H4,27,28,30)/t19-,20+,21-/m0/s1. The van der Waals surface area contributed by atoms with Crippen LogP contribution in [0.15, 0.2) is 35.3 Å². The number of carbonyl (C=O) groups excluding carboxylic acids is 4. The number of hydrogen-bond donors (Lipinski definition) is 5. The van der Waals surface area contributed by atoms with Gasteiger partial charge in [-0.15, -0.1) is 0 Å². The molecule has 1 aromatic carbocycles. The zero-order valence-electron chi connectivity index (χ0n) is 20.7. The van der Waals surface area contributed by atoms with Crippen LogP contribution in [0.5, 0.6) is 0 Å². The predicted molar refractivity (Wildman–Crippen MR) is 138 cm³/mol. The highest BCUT2D eigenvalue weighted by molar-refractivity contribution is 5.91. The third-order valence-electron chi connectivity index (χ3n) is 6.09. The summed E-state index contributed by atoms with van der Waals surface area (Å²) in [6, 6.07) is 7.48. The summed E-state index contributed by atoms with van der Waals surface area (Å²) in [5, 5.41) is 5.60. The lowest BCUT2D eigenvalue weighted by Gasteiger charge is -2.27. The van der Waals surface area contributed by atoms with Gasteiger partial charge in [0.1, 0.15) is 12.3 Å².